The van der Waals surface area contributed by atoms with E-state index in [9.17, 15) is 14.0 Å². The lowest BCUT2D eigenvalue weighted by molar-refractivity contribution is -0.159. The third-order valence-corrected chi connectivity index (χ3v) is 3.35. The number of carbonyl (C=O) groups excluding carboxylic acids is 2. The van der Waals surface area contributed by atoms with Gasteiger partial charge in [0, 0.05) is 6.42 Å². The molecule has 3 nitrogen and oxygen atoms in total. The average Bonchev–Trinajstić information content (AvgIpc) is 2.69. The van der Waals surface area contributed by atoms with E-state index in [1.54, 1.807) is 0 Å². The van der Waals surface area contributed by atoms with Crippen LogP contribution in [0.3, 0.4) is 0 Å². The Morgan fingerprint density at radius 1 is 1.29 bits per heavy atom. The lowest BCUT2D eigenvalue weighted by Crippen LogP contribution is -2.35. The fourth-order valence-corrected chi connectivity index (χ4v) is 2.48. The summed E-state index contributed by atoms with van der Waals surface area (Å²) < 4.78 is 18.3. The van der Waals surface area contributed by atoms with Crippen LogP contribution in [0.1, 0.15) is 17.5 Å². The van der Waals surface area contributed by atoms with Gasteiger partial charge in [-0.05, 0) is 24.0 Å². The molecule has 0 N–H and O–H groups in total. The first-order valence-electron chi connectivity index (χ1n) is 5.45. The Morgan fingerprint density at radius 2 is 1.88 bits per heavy atom. The minimum absolute atomic E-state index is 0.0523. The Morgan fingerprint density at radius 3 is 2.35 bits per heavy atom. The van der Waals surface area contributed by atoms with Gasteiger partial charge < -0.3 is 9.53 Å². The van der Waals surface area contributed by atoms with E-state index < -0.39 is 11.8 Å². The van der Waals surface area contributed by atoms with E-state index in [0.29, 0.717) is 19.1 Å². The van der Waals surface area contributed by atoms with Crippen molar-refractivity contribution >= 4 is 12.8 Å². The maximum Gasteiger partial charge on any atom is 0.295 e. The molecule has 0 aliphatic heterocycles. The van der Waals surface area contributed by atoms with Gasteiger partial charge in [-0.25, -0.2) is 4.39 Å². The molecule has 0 radical (unpaired) electrons. The van der Waals surface area contributed by atoms with Gasteiger partial charge in [0.05, 0.1) is 5.41 Å². The first kappa shape index (κ1) is 11.8. The summed E-state index contributed by atoms with van der Waals surface area (Å²) in [6.45, 7) is 0.0974. The highest BCUT2D eigenvalue weighted by molar-refractivity contribution is 5.53. The largest absolute Gasteiger partial charge is 0.433 e. The predicted molar refractivity (Wildman–Crippen MR) is 59.0 cm³/mol. The van der Waals surface area contributed by atoms with Crippen molar-refractivity contribution in [1.29, 1.82) is 0 Å². The molecule has 1 aliphatic rings. The first-order valence-corrected chi connectivity index (χ1v) is 5.45. The van der Waals surface area contributed by atoms with Gasteiger partial charge in [-0.15, -0.1) is 0 Å². The zero-order valence-corrected chi connectivity index (χ0v) is 9.27. The van der Waals surface area contributed by atoms with Crippen molar-refractivity contribution < 1.29 is 18.7 Å². The van der Waals surface area contributed by atoms with Crippen LogP contribution in [0.4, 0.5) is 4.39 Å². The standard InChI is InChI=1S/C13H13FO3/c14-12(17-9-16)13(5-6-15)7-10-3-1-2-4-11(10)8-13/h1-4,6,9,12H,5,7-8H2. The molecule has 90 valence electrons. The van der Waals surface area contributed by atoms with Gasteiger partial charge >= 0.3 is 0 Å². The number of rotatable bonds is 5. The molecule has 1 atom stereocenters. The van der Waals surface area contributed by atoms with Gasteiger partial charge in [0.15, 0.2) is 0 Å². The van der Waals surface area contributed by atoms with Gasteiger partial charge in [0.25, 0.3) is 6.47 Å². The number of halogens is 1. The maximum absolute atomic E-state index is 13.9. The van der Waals surface area contributed by atoms with Crippen LogP contribution in [0.15, 0.2) is 24.3 Å². The highest BCUT2D eigenvalue weighted by atomic mass is 19.1. The Balaban J connectivity index is 2.28. The van der Waals surface area contributed by atoms with Crippen LogP contribution < -0.4 is 0 Å². The zero-order valence-electron chi connectivity index (χ0n) is 9.27. The fourth-order valence-electron chi connectivity index (χ4n) is 2.48. The predicted octanol–water partition coefficient (Wildman–Crippen LogP) is 1.83. The second-order valence-corrected chi connectivity index (χ2v) is 4.40. The van der Waals surface area contributed by atoms with Crippen molar-refractivity contribution in [1.82, 2.24) is 0 Å². The summed E-state index contributed by atoms with van der Waals surface area (Å²) in [6, 6.07) is 7.58. The minimum Gasteiger partial charge on any atom is -0.433 e. The molecule has 2 rings (SSSR count). The number of fused-ring (bicyclic) bond motifs is 1. The number of hydrogen-bond donors (Lipinski definition) is 0. The Labute approximate surface area is 98.6 Å². The van der Waals surface area contributed by atoms with Gasteiger partial charge in [0.2, 0.25) is 6.36 Å². The summed E-state index contributed by atoms with van der Waals surface area (Å²) in [6.07, 6.45) is -0.144. The van der Waals surface area contributed by atoms with Gasteiger partial charge in [-0.3, -0.25) is 4.79 Å². The summed E-state index contributed by atoms with van der Waals surface area (Å²) in [5.74, 6) is 0. The van der Waals surface area contributed by atoms with Crippen LogP contribution in [0.25, 0.3) is 0 Å². The molecule has 0 aromatic heterocycles. The molecule has 4 heteroatoms. The van der Waals surface area contributed by atoms with Crippen molar-refractivity contribution in [2.24, 2.45) is 5.41 Å². The van der Waals surface area contributed by atoms with Crippen molar-refractivity contribution in [2.75, 3.05) is 0 Å². The van der Waals surface area contributed by atoms with Crippen LogP contribution in [0, 0.1) is 5.41 Å². The first-order chi connectivity index (χ1) is 8.22. The van der Waals surface area contributed by atoms with Crippen LogP contribution >= 0.6 is 0 Å². The molecule has 1 aromatic rings. The molecule has 1 aromatic carbocycles. The Kier molecular flexibility index (Phi) is 3.22. The average molecular weight is 236 g/mol. The van der Waals surface area contributed by atoms with Gasteiger partial charge in [0.1, 0.15) is 6.29 Å². The topological polar surface area (TPSA) is 43.4 Å². The van der Waals surface area contributed by atoms with Crippen LogP contribution in [-0.4, -0.2) is 19.1 Å². The van der Waals surface area contributed by atoms with Gasteiger partial charge in [-0.1, -0.05) is 24.3 Å². The summed E-state index contributed by atoms with van der Waals surface area (Å²) in [7, 11) is 0. The number of ether oxygens (including phenoxy) is 1. The lowest BCUT2D eigenvalue weighted by atomic mass is 9.81. The fraction of sp³-hybridized carbons (Fsp3) is 0.385. The van der Waals surface area contributed by atoms with E-state index in [0.717, 1.165) is 11.1 Å². The normalized spacial score (nSPS) is 18.2. The van der Waals surface area contributed by atoms with E-state index in [-0.39, 0.29) is 12.9 Å². The van der Waals surface area contributed by atoms with Crippen molar-refractivity contribution in [3.8, 4) is 0 Å². The Hall–Kier alpha value is -1.71. The monoisotopic (exact) mass is 236 g/mol. The molecule has 0 heterocycles. The third-order valence-electron chi connectivity index (χ3n) is 3.35. The van der Waals surface area contributed by atoms with E-state index in [2.05, 4.69) is 4.74 Å². The lowest BCUT2D eigenvalue weighted by Gasteiger charge is -2.28. The van der Waals surface area contributed by atoms with Crippen LogP contribution in [-0.2, 0) is 27.2 Å². The molecule has 0 amide bonds. The number of alkyl halides is 1. The number of aldehydes is 1. The molecular weight excluding hydrogens is 223 g/mol. The highest BCUT2D eigenvalue weighted by Crippen LogP contribution is 2.43. The molecule has 0 saturated carbocycles. The summed E-state index contributed by atoms with van der Waals surface area (Å²) in [4.78, 5) is 21.0. The Bertz CT molecular complexity index is 405. The summed E-state index contributed by atoms with van der Waals surface area (Å²) in [5.41, 5.74) is 1.12. The molecule has 1 aliphatic carbocycles. The van der Waals surface area contributed by atoms with E-state index in [1.807, 2.05) is 24.3 Å². The van der Waals surface area contributed by atoms with Gasteiger partial charge in [-0.2, -0.15) is 0 Å². The number of hydrogen-bond acceptors (Lipinski definition) is 3. The molecule has 1 unspecified atom stereocenters. The molecule has 0 spiro atoms. The quantitative estimate of drug-likeness (QED) is 0.732. The van der Waals surface area contributed by atoms with Crippen molar-refractivity contribution in [2.45, 2.75) is 25.6 Å². The highest BCUT2D eigenvalue weighted by Gasteiger charge is 2.45. The molecule has 0 fully saturated rings. The minimum atomic E-state index is -1.74. The molecule has 17 heavy (non-hydrogen) atoms. The SMILES string of the molecule is O=CCC1(C(F)OC=O)Cc2ccccc2C1. The van der Waals surface area contributed by atoms with E-state index >= 15 is 0 Å². The van der Waals surface area contributed by atoms with Crippen LogP contribution in [0.5, 0.6) is 0 Å². The second-order valence-electron chi connectivity index (χ2n) is 4.40. The molecule has 0 saturated heterocycles. The molecule has 0 bridgehead atoms. The maximum atomic E-state index is 13.9. The summed E-state index contributed by atoms with van der Waals surface area (Å²) in [5, 5.41) is 0. The van der Waals surface area contributed by atoms with Crippen molar-refractivity contribution in [3.63, 3.8) is 0 Å². The van der Waals surface area contributed by atoms with E-state index in [4.69, 9.17) is 0 Å². The van der Waals surface area contributed by atoms with E-state index in [1.165, 1.54) is 0 Å². The zero-order chi connectivity index (χ0) is 12.3. The van der Waals surface area contributed by atoms with Crippen LogP contribution in [0.2, 0.25) is 0 Å². The molecular formula is C13H13FO3. The van der Waals surface area contributed by atoms with Crippen molar-refractivity contribution in [3.05, 3.63) is 35.4 Å². The smallest absolute Gasteiger partial charge is 0.295 e. The summed E-state index contributed by atoms with van der Waals surface area (Å²) >= 11 is 0. The number of carbonyl (C=O) groups is 2. The third kappa shape index (κ3) is 2.07. The number of benzene rings is 1. The second kappa shape index (κ2) is 4.65.